The van der Waals surface area contributed by atoms with Gasteiger partial charge in [-0.2, -0.15) is 0 Å². The van der Waals surface area contributed by atoms with E-state index in [0.29, 0.717) is 11.4 Å². The molecule has 0 saturated heterocycles. The average molecular weight is 236 g/mol. The van der Waals surface area contributed by atoms with E-state index < -0.39 is 0 Å². The fourth-order valence-electron chi connectivity index (χ4n) is 1.81. The summed E-state index contributed by atoms with van der Waals surface area (Å²) in [7, 11) is 1.83. The van der Waals surface area contributed by atoms with E-state index in [1.54, 1.807) is 17.0 Å². The lowest BCUT2D eigenvalue weighted by molar-refractivity contribution is 0.0723. The van der Waals surface area contributed by atoms with Crippen molar-refractivity contribution >= 4 is 11.7 Å². The molecule has 0 radical (unpaired) electrons. The molecule has 0 saturated carbocycles. The lowest BCUT2D eigenvalue weighted by Crippen LogP contribution is -2.36. The van der Waals surface area contributed by atoms with Crippen molar-refractivity contribution in [2.24, 2.45) is 5.84 Å². The summed E-state index contributed by atoms with van der Waals surface area (Å²) in [5.74, 6) is 5.76. The van der Waals surface area contributed by atoms with Gasteiger partial charge in [0.25, 0.3) is 5.91 Å². The maximum Gasteiger partial charge on any atom is 0.255 e. The first-order chi connectivity index (χ1) is 8.13. The van der Waals surface area contributed by atoms with Crippen LogP contribution >= 0.6 is 0 Å². The minimum Gasteiger partial charge on any atom is -0.339 e. The number of carbonyl (C=O) groups excluding carboxylic acids is 1. The van der Waals surface area contributed by atoms with Gasteiger partial charge in [0.2, 0.25) is 0 Å². The minimum absolute atomic E-state index is 0.00484. The summed E-state index contributed by atoms with van der Waals surface area (Å²) in [6, 6.07) is 3.69. The SMILES string of the molecule is CCC(CC)N(C)C(=O)c1ccc(NN)nc1. The Labute approximate surface area is 102 Å². The zero-order valence-corrected chi connectivity index (χ0v) is 10.6. The van der Waals surface area contributed by atoms with Crippen molar-refractivity contribution in [1.82, 2.24) is 9.88 Å². The van der Waals surface area contributed by atoms with E-state index in [1.165, 1.54) is 6.20 Å². The third-order valence-electron chi connectivity index (χ3n) is 2.97. The van der Waals surface area contributed by atoms with E-state index in [4.69, 9.17) is 5.84 Å². The average Bonchev–Trinajstić information content (AvgIpc) is 2.39. The molecule has 1 aromatic rings. The Morgan fingerprint density at radius 1 is 1.47 bits per heavy atom. The molecule has 1 heterocycles. The molecule has 94 valence electrons. The zero-order chi connectivity index (χ0) is 12.8. The molecular weight excluding hydrogens is 216 g/mol. The number of amides is 1. The molecule has 0 spiro atoms. The van der Waals surface area contributed by atoms with Gasteiger partial charge in [0.1, 0.15) is 5.82 Å². The summed E-state index contributed by atoms with van der Waals surface area (Å²) in [5, 5.41) is 0. The molecule has 0 bridgehead atoms. The highest BCUT2D eigenvalue weighted by Crippen LogP contribution is 2.12. The van der Waals surface area contributed by atoms with Crippen molar-refractivity contribution in [2.45, 2.75) is 32.7 Å². The molecule has 0 aliphatic heterocycles. The summed E-state index contributed by atoms with van der Waals surface area (Å²) in [6.45, 7) is 4.16. The van der Waals surface area contributed by atoms with E-state index >= 15 is 0 Å². The molecule has 0 aliphatic carbocycles. The summed E-state index contributed by atoms with van der Waals surface area (Å²) in [6.07, 6.45) is 3.44. The number of aromatic nitrogens is 1. The van der Waals surface area contributed by atoms with Crippen LogP contribution in [0.15, 0.2) is 18.3 Å². The molecule has 1 aromatic heterocycles. The van der Waals surface area contributed by atoms with Crippen LogP contribution < -0.4 is 11.3 Å². The monoisotopic (exact) mass is 236 g/mol. The maximum absolute atomic E-state index is 12.1. The number of pyridine rings is 1. The highest BCUT2D eigenvalue weighted by Gasteiger charge is 2.18. The first-order valence-electron chi connectivity index (χ1n) is 5.83. The van der Waals surface area contributed by atoms with Crippen LogP contribution in [0.1, 0.15) is 37.0 Å². The second kappa shape index (κ2) is 6.20. The molecule has 1 rings (SSSR count). The molecule has 0 unspecified atom stereocenters. The molecule has 17 heavy (non-hydrogen) atoms. The smallest absolute Gasteiger partial charge is 0.255 e. The minimum atomic E-state index is -0.00484. The van der Waals surface area contributed by atoms with E-state index in [2.05, 4.69) is 24.3 Å². The van der Waals surface area contributed by atoms with Crippen LogP contribution in [0.4, 0.5) is 5.82 Å². The summed E-state index contributed by atoms with van der Waals surface area (Å²) < 4.78 is 0. The third-order valence-corrected chi connectivity index (χ3v) is 2.97. The maximum atomic E-state index is 12.1. The Kier molecular flexibility index (Phi) is 4.90. The second-order valence-electron chi connectivity index (χ2n) is 3.96. The van der Waals surface area contributed by atoms with Gasteiger partial charge in [0.05, 0.1) is 5.56 Å². The molecular formula is C12H20N4O. The highest BCUT2D eigenvalue weighted by atomic mass is 16.2. The number of hydrogen-bond acceptors (Lipinski definition) is 4. The predicted octanol–water partition coefficient (Wildman–Crippen LogP) is 1.63. The molecule has 1 amide bonds. The fraction of sp³-hybridized carbons (Fsp3) is 0.500. The van der Waals surface area contributed by atoms with Crippen LogP contribution in [0.25, 0.3) is 0 Å². The van der Waals surface area contributed by atoms with Gasteiger partial charge in [-0.3, -0.25) is 4.79 Å². The van der Waals surface area contributed by atoms with Gasteiger partial charge in [-0.25, -0.2) is 10.8 Å². The molecule has 5 nitrogen and oxygen atoms in total. The normalized spacial score (nSPS) is 10.4. The van der Waals surface area contributed by atoms with Crippen molar-refractivity contribution in [1.29, 1.82) is 0 Å². The van der Waals surface area contributed by atoms with Crippen LogP contribution in [0, 0.1) is 0 Å². The molecule has 3 N–H and O–H groups in total. The van der Waals surface area contributed by atoms with Crippen LogP contribution in [0.2, 0.25) is 0 Å². The summed E-state index contributed by atoms with van der Waals surface area (Å²) >= 11 is 0. The fourth-order valence-corrected chi connectivity index (χ4v) is 1.81. The van der Waals surface area contributed by atoms with E-state index in [-0.39, 0.29) is 11.9 Å². The van der Waals surface area contributed by atoms with Gasteiger partial charge < -0.3 is 10.3 Å². The molecule has 5 heteroatoms. The van der Waals surface area contributed by atoms with Crippen molar-refractivity contribution in [3.8, 4) is 0 Å². The van der Waals surface area contributed by atoms with E-state index in [0.717, 1.165) is 12.8 Å². The molecule has 0 aromatic carbocycles. The van der Waals surface area contributed by atoms with Gasteiger partial charge >= 0.3 is 0 Å². The van der Waals surface area contributed by atoms with Crippen LogP contribution in [0.3, 0.4) is 0 Å². The van der Waals surface area contributed by atoms with Crippen LogP contribution in [-0.2, 0) is 0 Å². The Hall–Kier alpha value is -1.62. The number of nitrogens with zero attached hydrogens (tertiary/aromatic N) is 2. The number of hydrogen-bond donors (Lipinski definition) is 2. The number of rotatable bonds is 5. The van der Waals surface area contributed by atoms with Gasteiger partial charge in [0, 0.05) is 19.3 Å². The number of nitrogens with two attached hydrogens (primary N) is 1. The Bertz CT molecular complexity index is 359. The Morgan fingerprint density at radius 3 is 2.53 bits per heavy atom. The predicted molar refractivity (Wildman–Crippen MR) is 68.5 cm³/mol. The van der Waals surface area contributed by atoms with E-state index in [1.807, 2.05) is 7.05 Å². The first kappa shape index (κ1) is 13.4. The first-order valence-corrected chi connectivity index (χ1v) is 5.83. The van der Waals surface area contributed by atoms with Crippen molar-refractivity contribution in [3.63, 3.8) is 0 Å². The van der Waals surface area contributed by atoms with Gasteiger partial charge in [-0.15, -0.1) is 0 Å². The number of nitrogen functional groups attached to an aromatic ring is 1. The van der Waals surface area contributed by atoms with Crippen LogP contribution in [-0.4, -0.2) is 28.9 Å². The van der Waals surface area contributed by atoms with Crippen molar-refractivity contribution in [3.05, 3.63) is 23.9 Å². The number of anilines is 1. The molecule has 0 fully saturated rings. The number of nitrogens with one attached hydrogen (secondary N) is 1. The van der Waals surface area contributed by atoms with Gasteiger partial charge in [0.15, 0.2) is 0 Å². The number of hydrazine groups is 1. The van der Waals surface area contributed by atoms with Crippen molar-refractivity contribution in [2.75, 3.05) is 12.5 Å². The second-order valence-corrected chi connectivity index (χ2v) is 3.96. The van der Waals surface area contributed by atoms with Gasteiger partial charge in [-0.1, -0.05) is 13.8 Å². The largest absolute Gasteiger partial charge is 0.339 e. The van der Waals surface area contributed by atoms with E-state index in [9.17, 15) is 4.79 Å². The molecule has 0 aliphatic rings. The lowest BCUT2D eigenvalue weighted by Gasteiger charge is -2.26. The summed E-state index contributed by atoms with van der Waals surface area (Å²) in [4.78, 5) is 17.9. The topological polar surface area (TPSA) is 71.2 Å². The molecule has 0 atom stereocenters. The highest BCUT2D eigenvalue weighted by molar-refractivity contribution is 5.94. The number of carbonyl (C=O) groups is 1. The lowest BCUT2D eigenvalue weighted by atomic mass is 10.1. The van der Waals surface area contributed by atoms with Crippen molar-refractivity contribution < 1.29 is 4.79 Å². The quantitative estimate of drug-likeness (QED) is 0.602. The zero-order valence-electron chi connectivity index (χ0n) is 10.6. The standard InChI is InChI=1S/C12H20N4O/c1-4-10(5-2)16(3)12(17)9-6-7-11(15-13)14-8-9/h6-8,10H,4-5,13H2,1-3H3,(H,14,15). The third kappa shape index (κ3) is 3.17. The van der Waals surface area contributed by atoms with Crippen LogP contribution in [0.5, 0.6) is 0 Å². The Balaban J connectivity index is 2.80. The Morgan fingerprint density at radius 2 is 2.12 bits per heavy atom. The van der Waals surface area contributed by atoms with Gasteiger partial charge in [-0.05, 0) is 25.0 Å². The summed E-state index contributed by atoms with van der Waals surface area (Å²) in [5.41, 5.74) is 3.01.